The molecule has 0 saturated heterocycles. The SMILES string of the molecule is [CH2-][Si](C)(C)C.[Cl-].[Mg+2]. The molecule has 0 aliphatic carbocycles. The summed E-state index contributed by atoms with van der Waals surface area (Å²) in [6, 6.07) is 0. The molecule has 0 aliphatic heterocycles. The predicted octanol–water partition coefficient (Wildman–Crippen LogP) is -1.68. The Labute approximate surface area is 69.6 Å². The van der Waals surface area contributed by atoms with Gasteiger partial charge in [-0.25, -0.2) is 0 Å². The van der Waals surface area contributed by atoms with Gasteiger partial charge in [0, 0.05) is 0 Å². The smallest absolute Gasteiger partial charge is 1.00 e. The number of hydrogen-bond acceptors (Lipinski definition) is 0. The number of rotatable bonds is 0. The van der Waals surface area contributed by atoms with Crippen LogP contribution in [0, 0.1) is 6.55 Å². The number of halogens is 1. The predicted molar refractivity (Wildman–Crippen MR) is 34.5 cm³/mol. The van der Waals surface area contributed by atoms with Gasteiger partial charge in [-0.15, -0.1) is 8.07 Å². The molecule has 0 aromatic carbocycles. The molecule has 0 heterocycles. The molecule has 0 nitrogen and oxygen atoms in total. The molecule has 0 aliphatic rings. The molecule has 0 atom stereocenters. The summed E-state index contributed by atoms with van der Waals surface area (Å²) in [5.74, 6) is 0. The van der Waals surface area contributed by atoms with E-state index in [4.69, 9.17) is 0 Å². The van der Waals surface area contributed by atoms with Gasteiger partial charge >= 0.3 is 23.1 Å². The fourth-order valence-corrected chi connectivity index (χ4v) is 0. The van der Waals surface area contributed by atoms with E-state index in [2.05, 4.69) is 26.2 Å². The minimum absolute atomic E-state index is 0. The molecule has 0 bridgehead atoms. The molecule has 0 amide bonds. The molecule has 0 aromatic heterocycles. The van der Waals surface area contributed by atoms with Crippen LogP contribution in [0.5, 0.6) is 0 Å². The Morgan fingerprint density at radius 3 is 1.14 bits per heavy atom. The summed E-state index contributed by atoms with van der Waals surface area (Å²) in [6.07, 6.45) is 0. The molecule has 0 radical (unpaired) electrons. The molecular weight excluding hydrogens is 136 g/mol. The third-order valence-corrected chi connectivity index (χ3v) is 0. The van der Waals surface area contributed by atoms with Crippen molar-refractivity contribution in [3.05, 3.63) is 6.55 Å². The minimum atomic E-state index is -0.861. The van der Waals surface area contributed by atoms with Gasteiger partial charge < -0.3 is 19.0 Å². The quantitative estimate of drug-likeness (QED) is 0.283. The van der Waals surface area contributed by atoms with Crippen molar-refractivity contribution in [1.82, 2.24) is 0 Å². The van der Waals surface area contributed by atoms with Crippen molar-refractivity contribution in [2.45, 2.75) is 19.6 Å². The van der Waals surface area contributed by atoms with Crippen LogP contribution in [0.3, 0.4) is 0 Å². The fraction of sp³-hybridized carbons (Fsp3) is 0.750. The Bertz CT molecular complexity index is 27.2. The molecule has 0 unspecified atom stereocenters. The van der Waals surface area contributed by atoms with Gasteiger partial charge in [0.05, 0.1) is 0 Å². The van der Waals surface area contributed by atoms with Crippen molar-refractivity contribution in [2.24, 2.45) is 0 Å². The van der Waals surface area contributed by atoms with Crippen LogP contribution in [0.15, 0.2) is 0 Å². The molecule has 40 valence electrons. The normalized spacial score (nSPS) is 8.57. The van der Waals surface area contributed by atoms with Crippen LogP contribution >= 0.6 is 0 Å². The van der Waals surface area contributed by atoms with E-state index in [-0.39, 0.29) is 35.5 Å². The zero-order valence-corrected chi connectivity index (χ0v) is 8.46. The molecule has 0 saturated carbocycles. The largest absolute Gasteiger partial charge is 2.00 e. The van der Waals surface area contributed by atoms with E-state index in [0.717, 1.165) is 0 Å². The van der Waals surface area contributed by atoms with Gasteiger partial charge in [0.2, 0.25) is 0 Å². The van der Waals surface area contributed by atoms with Crippen molar-refractivity contribution in [3.8, 4) is 0 Å². The summed E-state index contributed by atoms with van der Waals surface area (Å²) in [4.78, 5) is 0. The maximum atomic E-state index is 3.91. The van der Waals surface area contributed by atoms with Gasteiger partial charge in [-0.05, 0) is 0 Å². The van der Waals surface area contributed by atoms with E-state index in [1.54, 1.807) is 0 Å². The summed E-state index contributed by atoms with van der Waals surface area (Å²) in [5.41, 5.74) is 0. The maximum absolute atomic E-state index is 3.91. The van der Waals surface area contributed by atoms with E-state index >= 15 is 0 Å². The zero-order valence-electron chi connectivity index (χ0n) is 5.29. The van der Waals surface area contributed by atoms with Gasteiger partial charge in [-0.2, -0.15) is 0 Å². The van der Waals surface area contributed by atoms with Crippen LogP contribution in [-0.4, -0.2) is 31.1 Å². The Hall–Kier alpha value is 1.27. The molecule has 0 aromatic rings. The van der Waals surface area contributed by atoms with E-state index in [1.165, 1.54) is 0 Å². The van der Waals surface area contributed by atoms with Crippen molar-refractivity contribution in [1.29, 1.82) is 0 Å². The average Bonchev–Trinajstić information content (AvgIpc) is 0.722. The molecular formula is C4H11ClMgSi. The van der Waals surface area contributed by atoms with Gasteiger partial charge in [0.15, 0.2) is 0 Å². The van der Waals surface area contributed by atoms with Crippen LogP contribution in [0.25, 0.3) is 0 Å². The van der Waals surface area contributed by atoms with Crippen LogP contribution in [-0.2, 0) is 0 Å². The van der Waals surface area contributed by atoms with E-state index in [0.29, 0.717) is 0 Å². The Balaban J connectivity index is -0.0000000800. The summed E-state index contributed by atoms with van der Waals surface area (Å²) in [7, 11) is -0.861. The van der Waals surface area contributed by atoms with Gasteiger partial charge in [-0.3, -0.25) is 0 Å². The molecule has 7 heavy (non-hydrogen) atoms. The van der Waals surface area contributed by atoms with Crippen molar-refractivity contribution < 1.29 is 12.4 Å². The van der Waals surface area contributed by atoms with E-state index in [9.17, 15) is 0 Å². The third-order valence-electron chi connectivity index (χ3n) is 0. The summed E-state index contributed by atoms with van der Waals surface area (Å²) >= 11 is 0. The third kappa shape index (κ3) is 125. The second-order valence-corrected chi connectivity index (χ2v) is 7.68. The van der Waals surface area contributed by atoms with Crippen LogP contribution in [0.2, 0.25) is 19.6 Å². The van der Waals surface area contributed by atoms with Crippen LogP contribution in [0.1, 0.15) is 0 Å². The molecule has 3 heteroatoms. The van der Waals surface area contributed by atoms with Gasteiger partial charge in [-0.1, -0.05) is 19.6 Å². The van der Waals surface area contributed by atoms with Crippen molar-refractivity contribution in [3.63, 3.8) is 0 Å². The van der Waals surface area contributed by atoms with Crippen molar-refractivity contribution in [2.75, 3.05) is 0 Å². The van der Waals surface area contributed by atoms with Gasteiger partial charge in [0.1, 0.15) is 0 Å². The molecule has 0 N–H and O–H groups in total. The average molecular weight is 147 g/mol. The first kappa shape index (κ1) is 15.7. The van der Waals surface area contributed by atoms with Crippen LogP contribution < -0.4 is 12.4 Å². The van der Waals surface area contributed by atoms with Crippen molar-refractivity contribution >= 4 is 31.1 Å². The minimum Gasteiger partial charge on any atom is -1.00 e. The maximum Gasteiger partial charge on any atom is 2.00 e. The summed E-state index contributed by atoms with van der Waals surface area (Å²) in [5, 5.41) is 0. The second-order valence-electron chi connectivity index (χ2n) is 2.56. The Morgan fingerprint density at radius 2 is 1.14 bits per heavy atom. The topological polar surface area (TPSA) is 0 Å². The van der Waals surface area contributed by atoms with Gasteiger partial charge in [0.25, 0.3) is 0 Å². The summed E-state index contributed by atoms with van der Waals surface area (Å²) < 4.78 is 0. The fourth-order valence-electron chi connectivity index (χ4n) is 0. The molecule has 0 rings (SSSR count). The summed E-state index contributed by atoms with van der Waals surface area (Å²) in [6.45, 7) is 10.6. The van der Waals surface area contributed by atoms with Crippen LogP contribution in [0.4, 0.5) is 0 Å². The standard InChI is InChI=1S/C4H11Si.ClH.Mg/c1-5(2,3)4;;/h1H2,2-4H3;1H;/q-1;;+2/p-1. The second kappa shape index (κ2) is 5.41. The van der Waals surface area contributed by atoms with E-state index < -0.39 is 8.07 Å². The van der Waals surface area contributed by atoms with E-state index in [1.807, 2.05) is 0 Å². The first-order valence-electron chi connectivity index (χ1n) is 1.85. The number of hydrogen-bond donors (Lipinski definition) is 0. The monoisotopic (exact) mass is 146 g/mol. The first-order valence-corrected chi connectivity index (χ1v) is 5.56. The zero-order chi connectivity index (χ0) is 4.50. The molecule has 0 spiro atoms. The Morgan fingerprint density at radius 1 is 1.14 bits per heavy atom. The Kier molecular flexibility index (Phi) is 12.2. The molecule has 0 fully saturated rings. The first-order chi connectivity index (χ1) is 2.00.